The maximum absolute atomic E-state index is 13.5. The van der Waals surface area contributed by atoms with Gasteiger partial charge < -0.3 is 4.90 Å². The van der Waals surface area contributed by atoms with Crippen LogP contribution in [-0.4, -0.2) is 25.6 Å². The molecule has 0 aliphatic rings. The lowest BCUT2D eigenvalue weighted by Crippen LogP contribution is -2.32. The number of benzene rings is 1. The Bertz CT molecular complexity index is 919. The standard InChI is InChI=1S/C22H25ClN4O/c1-4-27-21(12-20(25-27)16(2)3)22(28)26(15-18-6-5-11-24-13-18)14-17-7-9-19(23)10-8-17/h5-13,16H,4,14-15H2,1-3H3. The fourth-order valence-corrected chi connectivity index (χ4v) is 3.14. The van der Waals surface area contributed by atoms with Crippen molar-refractivity contribution in [1.29, 1.82) is 0 Å². The van der Waals surface area contributed by atoms with Gasteiger partial charge in [0.25, 0.3) is 5.91 Å². The number of carbonyl (C=O) groups is 1. The third kappa shape index (κ3) is 4.78. The molecule has 1 aromatic carbocycles. The smallest absolute Gasteiger partial charge is 0.272 e. The van der Waals surface area contributed by atoms with E-state index < -0.39 is 0 Å². The number of hydrogen-bond donors (Lipinski definition) is 0. The summed E-state index contributed by atoms with van der Waals surface area (Å²) in [5.41, 5.74) is 3.55. The van der Waals surface area contributed by atoms with Gasteiger partial charge in [0, 0.05) is 37.1 Å². The van der Waals surface area contributed by atoms with E-state index in [1.807, 2.05) is 54.3 Å². The Labute approximate surface area is 171 Å². The molecule has 2 heterocycles. The largest absolute Gasteiger partial charge is 0.329 e. The average molecular weight is 397 g/mol. The normalized spacial score (nSPS) is 11.0. The number of hydrogen-bond acceptors (Lipinski definition) is 3. The molecule has 2 aromatic heterocycles. The highest BCUT2D eigenvalue weighted by molar-refractivity contribution is 6.30. The topological polar surface area (TPSA) is 51.0 Å². The number of amides is 1. The second-order valence-electron chi connectivity index (χ2n) is 7.07. The number of pyridine rings is 1. The molecule has 0 saturated carbocycles. The number of halogens is 1. The summed E-state index contributed by atoms with van der Waals surface area (Å²) in [6, 6.07) is 13.4. The van der Waals surface area contributed by atoms with Crippen LogP contribution in [0.1, 0.15) is 54.0 Å². The van der Waals surface area contributed by atoms with Gasteiger partial charge in [-0.1, -0.05) is 43.6 Å². The van der Waals surface area contributed by atoms with Crippen molar-refractivity contribution in [2.45, 2.75) is 46.3 Å². The van der Waals surface area contributed by atoms with Gasteiger partial charge >= 0.3 is 0 Å². The van der Waals surface area contributed by atoms with E-state index >= 15 is 0 Å². The van der Waals surface area contributed by atoms with Crippen molar-refractivity contribution in [3.63, 3.8) is 0 Å². The Balaban J connectivity index is 1.93. The van der Waals surface area contributed by atoms with E-state index in [0.717, 1.165) is 16.8 Å². The lowest BCUT2D eigenvalue weighted by Gasteiger charge is -2.23. The fourth-order valence-electron chi connectivity index (χ4n) is 3.02. The van der Waals surface area contributed by atoms with E-state index in [2.05, 4.69) is 23.9 Å². The highest BCUT2D eigenvalue weighted by Crippen LogP contribution is 2.19. The molecular formula is C22H25ClN4O. The third-order valence-corrected chi connectivity index (χ3v) is 4.83. The van der Waals surface area contributed by atoms with Gasteiger partial charge in [-0.05, 0) is 48.2 Å². The lowest BCUT2D eigenvalue weighted by atomic mass is 10.1. The van der Waals surface area contributed by atoms with Crippen molar-refractivity contribution in [2.75, 3.05) is 0 Å². The Kier molecular flexibility index (Phi) is 6.47. The summed E-state index contributed by atoms with van der Waals surface area (Å²) in [5, 5.41) is 5.28. The molecule has 0 N–H and O–H groups in total. The summed E-state index contributed by atoms with van der Waals surface area (Å²) < 4.78 is 1.79. The SMILES string of the molecule is CCn1nc(C(C)C)cc1C(=O)N(Cc1ccc(Cl)cc1)Cc1cccnc1. The molecule has 0 fully saturated rings. The van der Waals surface area contributed by atoms with Crippen molar-refractivity contribution in [2.24, 2.45) is 0 Å². The maximum atomic E-state index is 13.5. The minimum Gasteiger partial charge on any atom is -0.329 e. The lowest BCUT2D eigenvalue weighted by molar-refractivity contribution is 0.0717. The Hall–Kier alpha value is -2.66. The Morgan fingerprint density at radius 1 is 1.14 bits per heavy atom. The summed E-state index contributed by atoms with van der Waals surface area (Å²) in [6.07, 6.45) is 3.52. The molecule has 0 atom stereocenters. The number of aryl methyl sites for hydroxylation is 1. The second-order valence-corrected chi connectivity index (χ2v) is 7.51. The number of rotatable bonds is 7. The van der Waals surface area contributed by atoms with E-state index in [9.17, 15) is 4.79 Å². The third-order valence-electron chi connectivity index (χ3n) is 4.58. The van der Waals surface area contributed by atoms with E-state index in [1.54, 1.807) is 17.1 Å². The summed E-state index contributed by atoms with van der Waals surface area (Å²) in [5.74, 6) is 0.224. The fraction of sp³-hybridized carbons (Fsp3) is 0.318. The zero-order valence-corrected chi connectivity index (χ0v) is 17.2. The predicted octanol–water partition coefficient (Wildman–Crippen LogP) is 4.92. The molecule has 146 valence electrons. The molecule has 0 bridgehead atoms. The highest BCUT2D eigenvalue weighted by Gasteiger charge is 2.22. The first-order valence-corrected chi connectivity index (χ1v) is 9.86. The minimum absolute atomic E-state index is 0.0416. The number of carbonyl (C=O) groups excluding carboxylic acids is 1. The van der Waals surface area contributed by atoms with Crippen LogP contribution >= 0.6 is 11.6 Å². The summed E-state index contributed by atoms with van der Waals surface area (Å²) >= 11 is 6.01. The van der Waals surface area contributed by atoms with Crippen LogP contribution < -0.4 is 0 Å². The molecule has 5 nitrogen and oxygen atoms in total. The number of nitrogens with zero attached hydrogens (tertiary/aromatic N) is 4. The van der Waals surface area contributed by atoms with Gasteiger partial charge in [-0.25, -0.2) is 0 Å². The van der Waals surface area contributed by atoms with Crippen LogP contribution in [0.5, 0.6) is 0 Å². The number of aromatic nitrogens is 3. The molecule has 3 aromatic rings. The second kappa shape index (κ2) is 9.02. The van der Waals surface area contributed by atoms with E-state index in [4.69, 9.17) is 11.6 Å². The average Bonchev–Trinajstić information content (AvgIpc) is 3.14. The molecular weight excluding hydrogens is 372 g/mol. The molecule has 0 aliphatic heterocycles. The predicted molar refractivity (Wildman–Crippen MR) is 111 cm³/mol. The summed E-state index contributed by atoms with van der Waals surface area (Å²) in [6.45, 7) is 7.77. The molecule has 1 amide bonds. The van der Waals surface area contributed by atoms with Crippen molar-refractivity contribution >= 4 is 17.5 Å². The molecule has 0 radical (unpaired) electrons. The van der Waals surface area contributed by atoms with Gasteiger partial charge in [0.05, 0.1) is 5.69 Å². The van der Waals surface area contributed by atoms with Crippen LogP contribution in [0.4, 0.5) is 0 Å². The van der Waals surface area contributed by atoms with Gasteiger partial charge in [-0.2, -0.15) is 5.10 Å². The monoisotopic (exact) mass is 396 g/mol. The zero-order valence-electron chi connectivity index (χ0n) is 16.5. The molecule has 0 spiro atoms. The van der Waals surface area contributed by atoms with Crippen LogP contribution in [0.15, 0.2) is 54.9 Å². The van der Waals surface area contributed by atoms with E-state index in [-0.39, 0.29) is 11.8 Å². The maximum Gasteiger partial charge on any atom is 0.272 e. The van der Waals surface area contributed by atoms with Gasteiger partial charge in [-0.3, -0.25) is 14.5 Å². The van der Waals surface area contributed by atoms with Crippen molar-refractivity contribution in [3.05, 3.63) is 82.4 Å². The van der Waals surface area contributed by atoms with Gasteiger partial charge in [-0.15, -0.1) is 0 Å². The first-order valence-electron chi connectivity index (χ1n) is 9.48. The molecule has 0 saturated heterocycles. The van der Waals surface area contributed by atoms with Crippen LogP contribution in [0, 0.1) is 0 Å². The van der Waals surface area contributed by atoms with Gasteiger partial charge in [0.1, 0.15) is 5.69 Å². The van der Waals surface area contributed by atoms with Gasteiger partial charge in [0.2, 0.25) is 0 Å². The summed E-state index contributed by atoms with van der Waals surface area (Å²) in [4.78, 5) is 19.5. The quantitative estimate of drug-likeness (QED) is 0.569. The van der Waals surface area contributed by atoms with Crippen LogP contribution in [0.25, 0.3) is 0 Å². The zero-order chi connectivity index (χ0) is 20.1. The first kappa shape index (κ1) is 20.1. The highest BCUT2D eigenvalue weighted by atomic mass is 35.5. The van der Waals surface area contributed by atoms with Crippen molar-refractivity contribution < 1.29 is 4.79 Å². The molecule has 0 aliphatic carbocycles. The van der Waals surface area contributed by atoms with Crippen LogP contribution in [0.3, 0.4) is 0 Å². The van der Waals surface area contributed by atoms with Crippen molar-refractivity contribution in [1.82, 2.24) is 19.7 Å². The Morgan fingerprint density at radius 2 is 1.86 bits per heavy atom. The van der Waals surface area contributed by atoms with Gasteiger partial charge in [0.15, 0.2) is 0 Å². The minimum atomic E-state index is -0.0416. The first-order chi connectivity index (χ1) is 13.5. The van der Waals surface area contributed by atoms with E-state index in [1.165, 1.54) is 0 Å². The molecule has 0 unspecified atom stereocenters. The summed E-state index contributed by atoms with van der Waals surface area (Å²) in [7, 11) is 0. The van der Waals surface area contributed by atoms with Crippen molar-refractivity contribution in [3.8, 4) is 0 Å². The Morgan fingerprint density at radius 3 is 2.46 bits per heavy atom. The molecule has 6 heteroatoms. The van der Waals surface area contributed by atoms with E-state index in [0.29, 0.717) is 30.4 Å². The van der Waals surface area contributed by atoms with Crippen LogP contribution in [0.2, 0.25) is 5.02 Å². The molecule has 3 rings (SSSR count). The van der Waals surface area contributed by atoms with Crippen LogP contribution in [-0.2, 0) is 19.6 Å². The molecule has 28 heavy (non-hydrogen) atoms.